The van der Waals surface area contributed by atoms with Crippen molar-refractivity contribution in [2.75, 3.05) is 7.11 Å². The number of alkyl halides is 5. The summed E-state index contributed by atoms with van der Waals surface area (Å²) in [5, 5.41) is 0. The molecule has 0 aromatic carbocycles. The molecule has 0 aromatic rings. The zero-order valence-corrected chi connectivity index (χ0v) is 10.9. The molecule has 0 heterocycles. The van der Waals surface area contributed by atoms with Crippen LogP contribution in [-0.4, -0.2) is 28.6 Å². The molecule has 0 bridgehead atoms. The highest BCUT2D eigenvalue weighted by atomic mass is 35.6. The summed E-state index contributed by atoms with van der Waals surface area (Å²) in [5.41, 5.74) is 0. The molecule has 0 atom stereocenters. The molecule has 1 aliphatic rings. The Labute approximate surface area is 115 Å². The van der Waals surface area contributed by atoms with E-state index in [1.807, 2.05) is 0 Å². The molecule has 0 saturated carbocycles. The molecule has 0 saturated heterocycles. The van der Waals surface area contributed by atoms with Gasteiger partial charge in [0.05, 0.1) is 7.11 Å². The van der Waals surface area contributed by atoms with Crippen LogP contribution in [0, 0.1) is 0 Å². The monoisotopic (exact) mass is 320 g/mol. The number of ketones is 2. The van der Waals surface area contributed by atoms with E-state index in [1.165, 1.54) is 0 Å². The predicted molar refractivity (Wildman–Crippen MR) is 59.5 cm³/mol. The van der Waals surface area contributed by atoms with Crippen LogP contribution in [0.1, 0.15) is 0 Å². The van der Waals surface area contributed by atoms with Crippen LogP contribution in [0.2, 0.25) is 0 Å². The number of halogens is 5. The van der Waals surface area contributed by atoms with E-state index in [4.69, 9.17) is 34.8 Å². The van der Waals surface area contributed by atoms with Crippen LogP contribution < -0.4 is 0 Å². The minimum absolute atomic E-state index is 0.301. The van der Waals surface area contributed by atoms with Crippen LogP contribution in [0.15, 0.2) is 23.7 Å². The molecular formula is C9H5Cl3F2O4. The number of rotatable bonds is 3. The van der Waals surface area contributed by atoms with Crippen molar-refractivity contribution in [3.05, 3.63) is 23.7 Å². The van der Waals surface area contributed by atoms with Gasteiger partial charge in [0.15, 0.2) is 11.5 Å². The van der Waals surface area contributed by atoms with Gasteiger partial charge in [0.25, 0.3) is 3.79 Å². The summed E-state index contributed by atoms with van der Waals surface area (Å²) in [5.74, 6) is -3.05. The molecule has 4 nitrogen and oxygen atoms in total. The van der Waals surface area contributed by atoms with Crippen molar-refractivity contribution in [1.29, 1.82) is 0 Å². The van der Waals surface area contributed by atoms with E-state index < -0.39 is 27.2 Å². The first-order valence-electron chi connectivity index (χ1n) is 4.28. The van der Waals surface area contributed by atoms with E-state index in [2.05, 4.69) is 9.47 Å². The van der Waals surface area contributed by atoms with Crippen molar-refractivity contribution in [3.8, 4) is 0 Å². The first-order chi connectivity index (χ1) is 8.08. The quantitative estimate of drug-likeness (QED) is 0.592. The maximum Gasteiger partial charge on any atom is 0.446 e. The number of allylic oxidation sites excluding steroid dienone is 2. The van der Waals surface area contributed by atoms with Crippen molar-refractivity contribution in [1.82, 2.24) is 0 Å². The molecular weight excluding hydrogens is 316 g/mol. The number of methoxy groups -OCH3 is 1. The summed E-state index contributed by atoms with van der Waals surface area (Å²) in [7, 11) is 1.15. The molecule has 0 amide bonds. The summed E-state index contributed by atoms with van der Waals surface area (Å²) >= 11 is 14.9. The molecule has 0 aliphatic heterocycles. The fraction of sp³-hybridized carbons (Fsp3) is 0.333. The molecule has 0 unspecified atom stereocenters. The second kappa shape index (κ2) is 5.03. The summed E-state index contributed by atoms with van der Waals surface area (Å²) in [6, 6.07) is 0. The topological polar surface area (TPSA) is 52.6 Å². The van der Waals surface area contributed by atoms with Gasteiger partial charge in [-0.3, -0.25) is 9.59 Å². The fourth-order valence-corrected chi connectivity index (χ4v) is 1.07. The van der Waals surface area contributed by atoms with Gasteiger partial charge in [0.2, 0.25) is 11.6 Å². The molecule has 1 rings (SSSR count). The van der Waals surface area contributed by atoms with E-state index in [-0.39, 0.29) is 5.76 Å². The highest BCUT2D eigenvalue weighted by Crippen LogP contribution is 2.44. The lowest BCUT2D eigenvalue weighted by atomic mass is 10.1. The van der Waals surface area contributed by atoms with Crippen LogP contribution in [0.3, 0.4) is 0 Å². The van der Waals surface area contributed by atoms with E-state index in [9.17, 15) is 18.4 Å². The van der Waals surface area contributed by atoms with Crippen LogP contribution in [0.25, 0.3) is 0 Å². The highest BCUT2D eigenvalue weighted by Gasteiger charge is 2.55. The fourth-order valence-electron chi connectivity index (χ4n) is 0.958. The largest absolute Gasteiger partial charge is 0.493 e. The Balaban J connectivity index is 2.95. The third-order valence-electron chi connectivity index (χ3n) is 1.80. The van der Waals surface area contributed by atoms with Gasteiger partial charge in [-0.25, -0.2) is 0 Å². The van der Waals surface area contributed by atoms with Crippen molar-refractivity contribution in [3.63, 3.8) is 0 Å². The van der Waals surface area contributed by atoms with Crippen LogP contribution in [0.4, 0.5) is 8.78 Å². The Bertz CT molecular complexity index is 451. The Kier molecular flexibility index (Phi) is 4.25. The first-order valence-corrected chi connectivity index (χ1v) is 5.41. The summed E-state index contributed by atoms with van der Waals surface area (Å²) in [6.07, 6.45) is -3.03. The summed E-state index contributed by atoms with van der Waals surface area (Å²) < 4.78 is 31.9. The molecule has 100 valence electrons. The van der Waals surface area contributed by atoms with Gasteiger partial charge < -0.3 is 9.47 Å². The maximum atomic E-state index is 13.2. The number of carbonyl (C=O) groups is 2. The lowest BCUT2D eigenvalue weighted by molar-refractivity contribution is -0.210. The second-order valence-corrected chi connectivity index (χ2v) is 5.35. The maximum absolute atomic E-state index is 13.2. The average Bonchev–Trinajstić information content (AvgIpc) is 2.21. The molecule has 18 heavy (non-hydrogen) atoms. The van der Waals surface area contributed by atoms with E-state index in [1.54, 1.807) is 0 Å². The lowest BCUT2D eigenvalue weighted by Gasteiger charge is -2.25. The Morgan fingerprint density at radius 2 is 1.50 bits per heavy atom. The Morgan fingerprint density at radius 1 is 1.06 bits per heavy atom. The molecule has 0 radical (unpaired) electrons. The number of ether oxygens (including phenoxy) is 2. The van der Waals surface area contributed by atoms with Gasteiger partial charge in [-0.1, -0.05) is 34.8 Å². The predicted octanol–water partition coefficient (Wildman–Crippen LogP) is 2.53. The van der Waals surface area contributed by atoms with Crippen LogP contribution in [-0.2, 0) is 19.1 Å². The minimum atomic E-state index is -4.27. The highest BCUT2D eigenvalue weighted by molar-refractivity contribution is 6.68. The lowest BCUT2D eigenvalue weighted by Crippen LogP contribution is -2.37. The van der Waals surface area contributed by atoms with Crippen molar-refractivity contribution >= 4 is 46.4 Å². The van der Waals surface area contributed by atoms with Crippen LogP contribution in [0.5, 0.6) is 0 Å². The zero-order valence-electron chi connectivity index (χ0n) is 8.68. The third-order valence-corrected chi connectivity index (χ3v) is 2.46. The van der Waals surface area contributed by atoms with Crippen molar-refractivity contribution in [2.45, 2.75) is 9.90 Å². The summed E-state index contributed by atoms with van der Waals surface area (Å²) in [6.45, 7) is 0. The first kappa shape index (κ1) is 15.2. The third kappa shape index (κ3) is 3.13. The Hall–Kier alpha value is -0.850. The molecule has 1 aliphatic carbocycles. The average molecular weight is 321 g/mol. The van der Waals surface area contributed by atoms with Gasteiger partial charge in [0.1, 0.15) is 0 Å². The van der Waals surface area contributed by atoms with Gasteiger partial charge in [-0.2, -0.15) is 8.78 Å². The normalized spacial score (nSPS) is 17.2. The second-order valence-electron chi connectivity index (χ2n) is 3.07. The smallest absolute Gasteiger partial charge is 0.446 e. The molecule has 0 spiro atoms. The van der Waals surface area contributed by atoms with Gasteiger partial charge >= 0.3 is 6.11 Å². The Morgan fingerprint density at radius 3 is 1.94 bits per heavy atom. The number of carbonyl (C=O) groups excluding carboxylic acids is 2. The molecule has 9 heteroatoms. The summed E-state index contributed by atoms with van der Waals surface area (Å²) in [4.78, 5) is 22.6. The standard InChI is InChI=1S/C9H5Cl3F2O4/c1-17-6-2-5(16)7(3-4(6)15)18-9(13,14)8(10,11)12/h2-3H,1H3. The van der Waals surface area contributed by atoms with Crippen molar-refractivity contribution in [2.24, 2.45) is 0 Å². The number of hydrogen-bond donors (Lipinski definition) is 0. The van der Waals surface area contributed by atoms with Gasteiger partial charge in [-0.15, -0.1) is 0 Å². The van der Waals surface area contributed by atoms with E-state index >= 15 is 0 Å². The minimum Gasteiger partial charge on any atom is -0.493 e. The number of hydrogen-bond acceptors (Lipinski definition) is 4. The van der Waals surface area contributed by atoms with Crippen molar-refractivity contribution < 1.29 is 27.8 Å². The molecule has 0 N–H and O–H groups in total. The van der Waals surface area contributed by atoms with Gasteiger partial charge in [0, 0.05) is 12.2 Å². The van der Waals surface area contributed by atoms with E-state index in [0.29, 0.717) is 12.2 Å². The SMILES string of the molecule is COC1=CC(=O)C(OC(F)(F)C(Cl)(Cl)Cl)=CC1=O. The van der Waals surface area contributed by atoms with Gasteiger partial charge in [-0.05, 0) is 0 Å². The van der Waals surface area contributed by atoms with E-state index in [0.717, 1.165) is 7.11 Å². The molecule has 0 aromatic heterocycles. The zero-order chi connectivity index (χ0) is 14.1. The van der Waals surface area contributed by atoms with Crippen LogP contribution >= 0.6 is 34.8 Å². The molecule has 0 fully saturated rings.